The summed E-state index contributed by atoms with van der Waals surface area (Å²) < 4.78 is 17.5. The van der Waals surface area contributed by atoms with Gasteiger partial charge in [0.1, 0.15) is 0 Å². The van der Waals surface area contributed by atoms with E-state index in [1.165, 1.54) is 0 Å². The molecule has 160 valence electrons. The molecule has 1 N–H and O–H groups in total. The van der Waals surface area contributed by atoms with E-state index in [0.29, 0.717) is 11.1 Å². The Bertz CT molecular complexity index is 837. The van der Waals surface area contributed by atoms with E-state index in [1.54, 1.807) is 54.6 Å². The standard InChI is InChI=1S/C24H28O6/c1-15(14-25)20-16(2)17(3)21(28-22(26)18-10-6-4-7-11-18)24(29-20)30-23(27)19-12-8-5-9-13-19/h4-13,15-17,20-21,24-25H,14H2,1-3H3/t15-,16+,17+,20?,21?,24-/m1/s1. The zero-order valence-electron chi connectivity index (χ0n) is 17.4. The number of aliphatic hydroxyl groups excluding tert-OH is 1. The van der Waals surface area contributed by atoms with E-state index in [1.807, 2.05) is 26.8 Å². The molecule has 1 heterocycles. The van der Waals surface area contributed by atoms with Crippen LogP contribution in [0.15, 0.2) is 60.7 Å². The molecule has 0 aromatic heterocycles. The second-order valence-electron chi connectivity index (χ2n) is 7.85. The highest BCUT2D eigenvalue weighted by molar-refractivity contribution is 5.90. The molecule has 1 aliphatic rings. The monoisotopic (exact) mass is 412 g/mol. The third-order valence-electron chi connectivity index (χ3n) is 5.76. The molecular formula is C24H28O6. The number of carbonyl (C=O) groups is 2. The fourth-order valence-corrected chi connectivity index (χ4v) is 3.73. The number of carbonyl (C=O) groups excluding carboxylic acids is 2. The topological polar surface area (TPSA) is 82.1 Å². The molecule has 1 saturated heterocycles. The molecule has 3 rings (SSSR count). The van der Waals surface area contributed by atoms with Crippen LogP contribution in [0.1, 0.15) is 41.5 Å². The summed E-state index contributed by atoms with van der Waals surface area (Å²) >= 11 is 0. The molecule has 6 heteroatoms. The summed E-state index contributed by atoms with van der Waals surface area (Å²) in [6, 6.07) is 17.3. The SMILES string of the molecule is C[C@H](CO)C1O[C@H](OC(=O)c2ccccc2)C(OC(=O)c2ccccc2)[C@@H](C)[C@@H]1C. The lowest BCUT2D eigenvalue weighted by molar-refractivity contribution is -0.259. The Morgan fingerprint density at radius 3 is 1.90 bits per heavy atom. The second-order valence-corrected chi connectivity index (χ2v) is 7.85. The van der Waals surface area contributed by atoms with Crippen molar-refractivity contribution in [1.82, 2.24) is 0 Å². The van der Waals surface area contributed by atoms with Crippen LogP contribution >= 0.6 is 0 Å². The Balaban J connectivity index is 1.84. The van der Waals surface area contributed by atoms with Gasteiger partial charge in [-0.2, -0.15) is 0 Å². The highest BCUT2D eigenvalue weighted by Crippen LogP contribution is 2.37. The first-order valence-corrected chi connectivity index (χ1v) is 10.2. The van der Waals surface area contributed by atoms with E-state index in [-0.39, 0.29) is 30.5 Å². The minimum absolute atomic E-state index is 0.0209. The Morgan fingerprint density at radius 2 is 1.40 bits per heavy atom. The molecule has 0 bridgehead atoms. The minimum atomic E-state index is -1.07. The van der Waals surface area contributed by atoms with E-state index in [4.69, 9.17) is 14.2 Å². The number of esters is 2. The van der Waals surface area contributed by atoms with Crippen molar-refractivity contribution in [1.29, 1.82) is 0 Å². The van der Waals surface area contributed by atoms with Crippen LogP contribution in [0.2, 0.25) is 0 Å². The van der Waals surface area contributed by atoms with Gasteiger partial charge < -0.3 is 19.3 Å². The van der Waals surface area contributed by atoms with Crippen LogP contribution in [0.5, 0.6) is 0 Å². The van der Waals surface area contributed by atoms with Gasteiger partial charge in [0.2, 0.25) is 6.29 Å². The lowest BCUT2D eigenvalue weighted by Crippen LogP contribution is -2.54. The highest BCUT2D eigenvalue weighted by atomic mass is 16.7. The molecule has 0 radical (unpaired) electrons. The van der Waals surface area contributed by atoms with E-state index >= 15 is 0 Å². The van der Waals surface area contributed by atoms with Crippen LogP contribution in [0.3, 0.4) is 0 Å². The molecule has 2 unspecified atom stereocenters. The summed E-state index contributed by atoms with van der Waals surface area (Å²) in [6.45, 7) is 5.74. The van der Waals surface area contributed by atoms with Gasteiger partial charge in [0.25, 0.3) is 0 Å². The first kappa shape index (κ1) is 22.0. The molecule has 0 spiro atoms. The Labute approximate surface area is 176 Å². The summed E-state index contributed by atoms with van der Waals surface area (Å²) in [7, 11) is 0. The summed E-state index contributed by atoms with van der Waals surface area (Å²) in [4.78, 5) is 25.3. The summed E-state index contributed by atoms with van der Waals surface area (Å²) in [6.07, 6.45) is -2.19. The number of benzene rings is 2. The van der Waals surface area contributed by atoms with Gasteiger partial charge in [-0.3, -0.25) is 0 Å². The summed E-state index contributed by atoms with van der Waals surface area (Å²) in [5.74, 6) is -1.39. The number of hydrogen-bond donors (Lipinski definition) is 1. The van der Waals surface area contributed by atoms with Crippen molar-refractivity contribution in [2.24, 2.45) is 17.8 Å². The third-order valence-corrected chi connectivity index (χ3v) is 5.76. The van der Waals surface area contributed by atoms with Crippen LogP contribution in [0, 0.1) is 17.8 Å². The van der Waals surface area contributed by atoms with Crippen LogP contribution in [0.25, 0.3) is 0 Å². The van der Waals surface area contributed by atoms with Gasteiger partial charge in [-0.15, -0.1) is 0 Å². The quantitative estimate of drug-likeness (QED) is 0.729. The minimum Gasteiger partial charge on any atom is -0.452 e. The molecule has 2 aromatic carbocycles. The number of ether oxygens (including phenoxy) is 3. The van der Waals surface area contributed by atoms with Crippen LogP contribution in [-0.4, -0.2) is 42.1 Å². The molecule has 0 amide bonds. The first-order valence-electron chi connectivity index (χ1n) is 10.2. The predicted octanol–water partition coefficient (Wildman–Crippen LogP) is 3.69. The highest BCUT2D eigenvalue weighted by Gasteiger charge is 2.47. The van der Waals surface area contributed by atoms with Gasteiger partial charge in [-0.1, -0.05) is 57.2 Å². The maximum atomic E-state index is 12.7. The van der Waals surface area contributed by atoms with Crippen molar-refractivity contribution in [2.75, 3.05) is 6.61 Å². The first-order chi connectivity index (χ1) is 14.4. The van der Waals surface area contributed by atoms with Crippen molar-refractivity contribution in [3.63, 3.8) is 0 Å². The van der Waals surface area contributed by atoms with Crippen LogP contribution < -0.4 is 0 Å². The van der Waals surface area contributed by atoms with Gasteiger partial charge in [0, 0.05) is 18.4 Å². The number of aliphatic hydroxyl groups is 1. The van der Waals surface area contributed by atoms with Gasteiger partial charge >= 0.3 is 11.9 Å². The van der Waals surface area contributed by atoms with Crippen LogP contribution in [0.4, 0.5) is 0 Å². The van der Waals surface area contributed by atoms with Crippen molar-refractivity contribution in [3.8, 4) is 0 Å². The number of rotatable bonds is 6. The van der Waals surface area contributed by atoms with E-state index in [2.05, 4.69) is 0 Å². The van der Waals surface area contributed by atoms with Gasteiger partial charge in [0.05, 0.1) is 17.2 Å². The van der Waals surface area contributed by atoms with E-state index in [0.717, 1.165) is 0 Å². The molecule has 0 aliphatic carbocycles. The molecule has 1 aliphatic heterocycles. The average Bonchev–Trinajstić information content (AvgIpc) is 2.79. The van der Waals surface area contributed by atoms with Crippen molar-refractivity contribution >= 4 is 11.9 Å². The molecule has 30 heavy (non-hydrogen) atoms. The molecule has 1 fully saturated rings. The maximum absolute atomic E-state index is 12.7. The molecule has 6 nitrogen and oxygen atoms in total. The van der Waals surface area contributed by atoms with Gasteiger partial charge in [-0.25, -0.2) is 9.59 Å². The summed E-state index contributed by atoms with van der Waals surface area (Å²) in [5, 5.41) is 9.62. The zero-order chi connectivity index (χ0) is 21.7. The van der Waals surface area contributed by atoms with Crippen molar-refractivity contribution in [2.45, 2.75) is 39.3 Å². The van der Waals surface area contributed by atoms with Gasteiger partial charge in [-0.05, 0) is 30.2 Å². The Hall–Kier alpha value is -2.70. The molecule has 2 aromatic rings. The smallest absolute Gasteiger partial charge is 0.340 e. The fourth-order valence-electron chi connectivity index (χ4n) is 3.73. The fraction of sp³-hybridized carbons (Fsp3) is 0.417. The van der Waals surface area contributed by atoms with Gasteiger partial charge in [0.15, 0.2) is 6.10 Å². The maximum Gasteiger partial charge on any atom is 0.340 e. The average molecular weight is 412 g/mol. The Kier molecular flexibility index (Phi) is 7.24. The van der Waals surface area contributed by atoms with E-state index < -0.39 is 24.3 Å². The zero-order valence-corrected chi connectivity index (χ0v) is 17.4. The lowest BCUT2D eigenvalue weighted by Gasteiger charge is -2.45. The molecule has 0 saturated carbocycles. The predicted molar refractivity (Wildman–Crippen MR) is 111 cm³/mol. The molecule has 6 atom stereocenters. The van der Waals surface area contributed by atoms with Crippen molar-refractivity contribution in [3.05, 3.63) is 71.8 Å². The normalized spacial score (nSPS) is 27.1. The summed E-state index contributed by atoms with van der Waals surface area (Å²) in [5.41, 5.74) is 0.795. The van der Waals surface area contributed by atoms with Crippen molar-refractivity contribution < 1.29 is 28.9 Å². The second kappa shape index (κ2) is 9.87. The molecular weight excluding hydrogens is 384 g/mol. The third kappa shape index (κ3) is 4.89. The van der Waals surface area contributed by atoms with E-state index in [9.17, 15) is 14.7 Å². The lowest BCUT2D eigenvalue weighted by atomic mass is 9.79. The number of hydrogen-bond acceptors (Lipinski definition) is 6. The largest absolute Gasteiger partial charge is 0.452 e. The Morgan fingerprint density at radius 1 is 0.900 bits per heavy atom. The van der Waals surface area contributed by atoms with Crippen LogP contribution in [-0.2, 0) is 14.2 Å².